The standard InChI is InChI=1S/C56H32N2S/c1-2-12-36(13-3-1)56-57-48(32-49(58-56)46-24-11-23-45-41-19-6-7-25-50(41)59-55(45)46)40-18-5-4-17-39(40)38-30-37-29-28-35-15-9-21-43-42-20-8-14-33-26-27-34-16-10-22-44(53(34)51(33)42)47(31-38)54(37)52(35)43/h1-32H. The van der Waals surface area contributed by atoms with Gasteiger partial charge in [-0.2, -0.15) is 0 Å². The largest absolute Gasteiger partial charge is 0.228 e. The molecule has 0 aliphatic rings. The molecule has 0 bridgehead atoms. The van der Waals surface area contributed by atoms with Crippen molar-refractivity contribution in [2.75, 3.05) is 0 Å². The van der Waals surface area contributed by atoms with E-state index in [-0.39, 0.29) is 0 Å². The lowest BCUT2D eigenvalue weighted by Gasteiger charge is -2.18. The summed E-state index contributed by atoms with van der Waals surface area (Å²) in [6, 6.07) is 71.0. The molecule has 0 aliphatic heterocycles. The second kappa shape index (κ2) is 12.5. The molecule has 0 unspecified atom stereocenters. The second-order valence-electron chi connectivity index (χ2n) is 15.6. The molecule has 0 N–H and O–H groups in total. The molecule has 2 nitrogen and oxygen atoms in total. The summed E-state index contributed by atoms with van der Waals surface area (Å²) in [7, 11) is 0. The van der Waals surface area contributed by atoms with E-state index in [4.69, 9.17) is 9.97 Å². The molecule has 3 heteroatoms. The molecular formula is C56H32N2S. The molecule has 2 heterocycles. The maximum atomic E-state index is 5.37. The SMILES string of the molecule is c1ccc(-c2nc(-c3ccccc3-c3cc4ccc5cccc6c7cccc8ccc9cccc(c(c3)c4c56)c9c87)cc(-c3cccc4c3sc3ccccc34)n2)cc1. The normalized spacial score (nSPS) is 12.1. The zero-order valence-corrected chi connectivity index (χ0v) is 32.6. The number of fused-ring (bicyclic) bond motifs is 5. The van der Waals surface area contributed by atoms with Crippen LogP contribution in [0.2, 0.25) is 0 Å². The van der Waals surface area contributed by atoms with Crippen LogP contribution in [0, 0.1) is 0 Å². The molecule has 272 valence electrons. The molecule has 2 aromatic heterocycles. The van der Waals surface area contributed by atoms with Crippen LogP contribution in [-0.4, -0.2) is 9.97 Å². The fraction of sp³-hybridized carbons (Fsp3) is 0. The lowest BCUT2D eigenvalue weighted by atomic mass is 9.86. The van der Waals surface area contributed by atoms with Crippen molar-refractivity contribution in [3.8, 4) is 45.0 Å². The predicted octanol–water partition coefficient (Wildman–Crippen LogP) is 15.9. The number of benzene rings is 10. The summed E-state index contributed by atoms with van der Waals surface area (Å²) in [6.07, 6.45) is 0. The lowest BCUT2D eigenvalue weighted by Crippen LogP contribution is -1.97. The molecule has 0 radical (unpaired) electrons. The molecule has 0 saturated carbocycles. The molecular weight excluding hydrogens is 733 g/mol. The van der Waals surface area contributed by atoms with Crippen LogP contribution >= 0.6 is 11.3 Å². The molecule has 0 atom stereocenters. The van der Waals surface area contributed by atoms with Crippen LogP contribution in [0.3, 0.4) is 0 Å². The number of thiophene rings is 1. The summed E-state index contributed by atoms with van der Waals surface area (Å²) in [5.74, 6) is 0.713. The Labute approximate surface area is 343 Å². The minimum absolute atomic E-state index is 0.713. The minimum Gasteiger partial charge on any atom is -0.228 e. The van der Waals surface area contributed by atoms with Crippen molar-refractivity contribution in [1.29, 1.82) is 0 Å². The first-order chi connectivity index (χ1) is 29.2. The van der Waals surface area contributed by atoms with E-state index in [0.717, 1.165) is 39.2 Å². The topological polar surface area (TPSA) is 25.8 Å². The molecule has 0 aliphatic carbocycles. The van der Waals surface area contributed by atoms with E-state index in [0.29, 0.717) is 5.82 Å². The van der Waals surface area contributed by atoms with Gasteiger partial charge < -0.3 is 0 Å². The highest BCUT2D eigenvalue weighted by Gasteiger charge is 2.20. The van der Waals surface area contributed by atoms with Gasteiger partial charge in [-0.15, -0.1) is 11.3 Å². The molecule has 11 aromatic carbocycles. The highest BCUT2D eigenvalue weighted by molar-refractivity contribution is 7.26. The van der Waals surface area contributed by atoms with Crippen LogP contribution in [0.1, 0.15) is 0 Å². The van der Waals surface area contributed by atoms with Gasteiger partial charge in [0.2, 0.25) is 0 Å². The number of hydrogen-bond donors (Lipinski definition) is 0. The maximum absolute atomic E-state index is 5.37. The second-order valence-corrected chi connectivity index (χ2v) is 16.7. The third kappa shape index (κ3) is 4.86. The van der Waals surface area contributed by atoms with Gasteiger partial charge in [-0.1, -0.05) is 170 Å². The van der Waals surface area contributed by atoms with Crippen LogP contribution in [0.5, 0.6) is 0 Å². The average Bonchev–Trinajstić information content (AvgIpc) is 3.69. The van der Waals surface area contributed by atoms with Crippen LogP contribution in [-0.2, 0) is 0 Å². The van der Waals surface area contributed by atoms with Crippen LogP contribution in [0.25, 0.3) is 130 Å². The monoisotopic (exact) mass is 764 g/mol. The minimum atomic E-state index is 0.713. The van der Waals surface area contributed by atoms with Crippen LogP contribution < -0.4 is 0 Å². The third-order valence-electron chi connectivity index (χ3n) is 12.4. The van der Waals surface area contributed by atoms with Gasteiger partial charge in [0.05, 0.1) is 11.4 Å². The van der Waals surface area contributed by atoms with Crippen molar-refractivity contribution in [2.45, 2.75) is 0 Å². The quantitative estimate of drug-likeness (QED) is 0.167. The first-order valence-corrected chi connectivity index (χ1v) is 21.0. The van der Waals surface area contributed by atoms with Crippen molar-refractivity contribution in [3.05, 3.63) is 194 Å². The smallest absolute Gasteiger partial charge is 0.160 e. The number of hydrogen-bond acceptors (Lipinski definition) is 3. The van der Waals surface area contributed by atoms with Crippen molar-refractivity contribution in [3.63, 3.8) is 0 Å². The van der Waals surface area contributed by atoms with Gasteiger partial charge >= 0.3 is 0 Å². The predicted molar refractivity (Wildman–Crippen MR) is 253 cm³/mol. The lowest BCUT2D eigenvalue weighted by molar-refractivity contribution is 1.19. The average molecular weight is 765 g/mol. The Morgan fingerprint density at radius 2 is 0.814 bits per heavy atom. The van der Waals surface area contributed by atoms with Gasteiger partial charge in [-0.25, -0.2) is 9.97 Å². The Balaban J connectivity index is 1.11. The maximum Gasteiger partial charge on any atom is 0.160 e. The Kier molecular flexibility index (Phi) is 6.92. The Bertz CT molecular complexity index is 3840. The summed E-state index contributed by atoms with van der Waals surface area (Å²) >= 11 is 1.83. The molecule has 0 amide bonds. The van der Waals surface area contributed by atoms with Gasteiger partial charge in [0.15, 0.2) is 5.82 Å². The summed E-state index contributed by atoms with van der Waals surface area (Å²) in [5, 5.41) is 17.8. The van der Waals surface area contributed by atoms with E-state index >= 15 is 0 Å². The van der Waals surface area contributed by atoms with Gasteiger partial charge in [0.1, 0.15) is 0 Å². The van der Waals surface area contributed by atoms with Gasteiger partial charge in [0, 0.05) is 36.9 Å². The van der Waals surface area contributed by atoms with E-state index in [1.165, 1.54) is 84.8 Å². The molecule has 0 fully saturated rings. The van der Waals surface area contributed by atoms with Crippen molar-refractivity contribution in [1.82, 2.24) is 9.97 Å². The Morgan fingerprint density at radius 1 is 0.305 bits per heavy atom. The van der Waals surface area contributed by atoms with Gasteiger partial charge in [-0.05, 0) is 100 Å². The third-order valence-corrected chi connectivity index (χ3v) is 13.6. The zero-order chi connectivity index (χ0) is 38.6. The van der Waals surface area contributed by atoms with Crippen molar-refractivity contribution in [2.24, 2.45) is 0 Å². The summed E-state index contributed by atoms with van der Waals surface area (Å²) in [4.78, 5) is 10.7. The number of nitrogens with zero attached hydrogens (tertiary/aromatic N) is 2. The van der Waals surface area contributed by atoms with E-state index in [1.54, 1.807) is 0 Å². The van der Waals surface area contributed by atoms with E-state index < -0.39 is 0 Å². The van der Waals surface area contributed by atoms with Crippen molar-refractivity contribution >= 4 is 96.1 Å². The van der Waals surface area contributed by atoms with Gasteiger partial charge in [0.25, 0.3) is 0 Å². The molecule has 13 aromatic rings. The Hall–Kier alpha value is -7.46. The first kappa shape index (κ1) is 32.6. The van der Waals surface area contributed by atoms with Crippen LogP contribution in [0.15, 0.2) is 194 Å². The van der Waals surface area contributed by atoms with E-state index in [1.807, 2.05) is 17.4 Å². The fourth-order valence-corrected chi connectivity index (χ4v) is 11.0. The van der Waals surface area contributed by atoms with Gasteiger partial charge in [-0.3, -0.25) is 0 Å². The van der Waals surface area contributed by atoms with E-state index in [9.17, 15) is 0 Å². The summed E-state index contributed by atoms with van der Waals surface area (Å²) in [6.45, 7) is 0. The zero-order valence-electron chi connectivity index (χ0n) is 31.8. The highest BCUT2D eigenvalue weighted by Crippen LogP contribution is 2.46. The highest BCUT2D eigenvalue weighted by atomic mass is 32.1. The fourth-order valence-electron chi connectivity index (χ4n) is 9.79. The molecule has 13 rings (SSSR count). The molecule has 0 spiro atoms. The molecule has 0 saturated heterocycles. The van der Waals surface area contributed by atoms with Crippen molar-refractivity contribution < 1.29 is 0 Å². The van der Waals surface area contributed by atoms with Crippen LogP contribution in [0.4, 0.5) is 0 Å². The summed E-state index contributed by atoms with van der Waals surface area (Å²) in [5.41, 5.74) is 7.29. The van der Waals surface area contributed by atoms with E-state index in [2.05, 4.69) is 188 Å². The summed E-state index contributed by atoms with van der Waals surface area (Å²) < 4.78 is 2.52. The number of rotatable bonds is 4. The first-order valence-electron chi connectivity index (χ1n) is 20.1. The molecule has 59 heavy (non-hydrogen) atoms. The number of aromatic nitrogens is 2. The Morgan fingerprint density at radius 3 is 1.53 bits per heavy atom.